The topological polar surface area (TPSA) is 37.3 Å². The van der Waals surface area contributed by atoms with E-state index < -0.39 is 11.4 Å². The molecule has 1 atom stereocenters. The molecule has 1 aliphatic heterocycles. The number of aliphatic carboxylic acids is 1. The zero-order valence-electron chi connectivity index (χ0n) is 6.59. The molecule has 0 amide bonds. The van der Waals surface area contributed by atoms with Crippen LogP contribution in [0.4, 0.5) is 0 Å². The fraction of sp³-hybridized carbons (Fsp3) is 0.625. The third kappa shape index (κ3) is 1.43. The molecule has 1 heterocycles. The first-order valence-electron chi connectivity index (χ1n) is 3.57. The lowest BCUT2D eigenvalue weighted by atomic mass is 9.83. The van der Waals surface area contributed by atoms with Crippen LogP contribution in [0, 0.1) is 5.41 Å². The van der Waals surface area contributed by atoms with Crippen molar-refractivity contribution < 1.29 is 9.90 Å². The van der Waals surface area contributed by atoms with Crippen molar-refractivity contribution in [2.24, 2.45) is 5.41 Å². The van der Waals surface area contributed by atoms with Crippen molar-refractivity contribution in [1.29, 1.82) is 0 Å². The molecule has 1 aliphatic rings. The molecule has 1 N–H and O–H groups in total. The fourth-order valence-electron chi connectivity index (χ4n) is 1.06. The van der Waals surface area contributed by atoms with Crippen LogP contribution in [0.2, 0.25) is 0 Å². The Bertz CT molecular complexity index is 200. The Kier molecular flexibility index (Phi) is 2.28. The van der Waals surface area contributed by atoms with Gasteiger partial charge in [0.15, 0.2) is 0 Å². The Hall–Kier alpha value is -0.440. The summed E-state index contributed by atoms with van der Waals surface area (Å²) in [6.45, 7) is 5.55. The van der Waals surface area contributed by atoms with Crippen molar-refractivity contribution in [3.63, 3.8) is 0 Å². The maximum absolute atomic E-state index is 10.8. The summed E-state index contributed by atoms with van der Waals surface area (Å²) in [5, 5.41) is 8.89. The van der Waals surface area contributed by atoms with Crippen LogP contribution in [-0.4, -0.2) is 22.6 Å². The van der Waals surface area contributed by atoms with E-state index >= 15 is 0 Å². The third-order valence-electron chi connectivity index (χ3n) is 2.19. The summed E-state index contributed by atoms with van der Waals surface area (Å²) < 4.78 is 0. The molecule has 0 spiro atoms. The van der Waals surface area contributed by atoms with Crippen molar-refractivity contribution in [3.05, 3.63) is 12.2 Å². The molecular formula is C8H12O2S. The fourth-order valence-corrected chi connectivity index (χ4v) is 2.33. The molecule has 0 aromatic heterocycles. The van der Waals surface area contributed by atoms with Crippen molar-refractivity contribution in [2.45, 2.75) is 13.3 Å². The molecule has 0 aromatic rings. The molecule has 0 aromatic carbocycles. The standard InChI is InChI=1S/C8H12O2S/c1-6-3-4-11-5-8(6,2)7(9)10/h1,3-5H2,2H3,(H,9,10). The predicted octanol–water partition coefficient (Wildman–Crippen LogP) is 1.77. The monoisotopic (exact) mass is 172 g/mol. The number of carboxylic acids is 1. The molecule has 0 saturated carbocycles. The van der Waals surface area contributed by atoms with Gasteiger partial charge in [0, 0.05) is 5.75 Å². The molecule has 1 saturated heterocycles. The predicted molar refractivity (Wildman–Crippen MR) is 46.8 cm³/mol. The average molecular weight is 172 g/mol. The lowest BCUT2D eigenvalue weighted by Gasteiger charge is -2.30. The van der Waals surface area contributed by atoms with Crippen molar-refractivity contribution in [1.82, 2.24) is 0 Å². The van der Waals surface area contributed by atoms with Gasteiger partial charge in [-0.1, -0.05) is 12.2 Å². The molecule has 1 unspecified atom stereocenters. The van der Waals surface area contributed by atoms with Gasteiger partial charge in [0.05, 0.1) is 5.41 Å². The van der Waals surface area contributed by atoms with Gasteiger partial charge < -0.3 is 5.11 Å². The van der Waals surface area contributed by atoms with Crippen LogP contribution >= 0.6 is 11.8 Å². The number of carbonyl (C=O) groups is 1. The summed E-state index contributed by atoms with van der Waals surface area (Å²) in [6.07, 6.45) is 0.841. The largest absolute Gasteiger partial charge is 0.481 e. The van der Waals surface area contributed by atoms with Gasteiger partial charge in [-0.3, -0.25) is 4.79 Å². The van der Waals surface area contributed by atoms with E-state index in [1.54, 1.807) is 18.7 Å². The van der Waals surface area contributed by atoms with E-state index in [1.165, 1.54) is 0 Å². The van der Waals surface area contributed by atoms with Gasteiger partial charge in [-0.15, -0.1) is 0 Å². The smallest absolute Gasteiger partial charge is 0.314 e. The Morgan fingerprint density at radius 1 is 1.82 bits per heavy atom. The molecule has 11 heavy (non-hydrogen) atoms. The van der Waals surface area contributed by atoms with Gasteiger partial charge in [-0.05, 0) is 19.1 Å². The third-order valence-corrected chi connectivity index (χ3v) is 3.47. The highest BCUT2D eigenvalue weighted by Gasteiger charge is 2.37. The minimum absolute atomic E-state index is 0.668. The van der Waals surface area contributed by atoms with Crippen LogP contribution in [0.1, 0.15) is 13.3 Å². The second-order valence-electron chi connectivity index (χ2n) is 3.04. The molecule has 0 aliphatic carbocycles. The highest BCUT2D eigenvalue weighted by Crippen LogP contribution is 2.37. The number of rotatable bonds is 1. The summed E-state index contributed by atoms with van der Waals surface area (Å²) in [6, 6.07) is 0. The summed E-state index contributed by atoms with van der Waals surface area (Å²) in [5.74, 6) is 0.942. The average Bonchev–Trinajstić information content (AvgIpc) is 1.95. The maximum Gasteiger partial charge on any atom is 0.314 e. The van der Waals surface area contributed by atoms with E-state index in [2.05, 4.69) is 6.58 Å². The first-order valence-corrected chi connectivity index (χ1v) is 4.72. The van der Waals surface area contributed by atoms with Crippen LogP contribution in [0.15, 0.2) is 12.2 Å². The van der Waals surface area contributed by atoms with Crippen LogP contribution < -0.4 is 0 Å². The quantitative estimate of drug-likeness (QED) is 0.612. The van der Waals surface area contributed by atoms with Crippen molar-refractivity contribution in [2.75, 3.05) is 11.5 Å². The van der Waals surface area contributed by atoms with Crippen LogP contribution in [0.5, 0.6) is 0 Å². The molecule has 1 fully saturated rings. The van der Waals surface area contributed by atoms with E-state index in [-0.39, 0.29) is 0 Å². The lowest BCUT2D eigenvalue weighted by molar-refractivity contribution is -0.144. The van der Waals surface area contributed by atoms with Crippen molar-refractivity contribution in [3.8, 4) is 0 Å². The van der Waals surface area contributed by atoms with Crippen LogP contribution in [0.25, 0.3) is 0 Å². The summed E-state index contributed by atoms with van der Waals surface area (Å²) in [5.41, 5.74) is 0.187. The van der Waals surface area contributed by atoms with E-state index in [1.807, 2.05) is 0 Å². The summed E-state index contributed by atoms with van der Waals surface area (Å²) in [4.78, 5) is 10.8. The van der Waals surface area contributed by atoms with Gasteiger partial charge in [0.25, 0.3) is 0 Å². The zero-order valence-corrected chi connectivity index (χ0v) is 7.41. The van der Waals surface area contributed by atoms with Crippen molar-refractivity contribution >= 4 is 17.7 Å². The van der Waals surface area contributed by atoms with Gasteiger partial charge in [0.1, 0.15) is 0 Å². The van der Waals surface area contributed by atoms with Gasteiger partial charge in [0.2, 0.25) is 0 Å². The second kappa shape index (κ2) is 2.89. The number of hydrogen-bond donors (Lipinski definition) is 1. The van der Waals surface area contributed by atoms with E-state index in [4.69, 9.17) is 5.11 Å². The zero-order chi connectivity index (χ0) is 8.48. The normalized spacial score (nSPS) is 31.9. The maximum atomic E-state index is 10.8. The van der Waals surface area contributed by atoms with E-state index in [0.717, 1.165) is 17.7 Å². The van der Waals surface area contributed by atoms with Crippen LogP contribution in [-0.2, 0) is 4.79 Å². The molecule has 1 rings (SSSR count). The molecular weight excluding hydrogens is 160 g/mol. The van der Waals surface area contributed by atoms with Crippen LogP contribution in [0.3, 0.4) is 0 Å². The Morgan fingerprint density at radius 2 is 2.45 bits per heavy atom. The molecule has 3 heteroatoms. The molecule has 62 valence electrons. The minimum Gasteiger partial charge on any atom is -0.481 e. The van der Waals surface area contributed by atoms with Gasteiger partial charge >= 0.3 is 5.97 Å². The molecule has 2 nitrogen and oxygen atoms in total. The Labute approximate surface area is 70.7 Å². The highest BCUT2D eigenvalue weighted by atomic mass is 32.2. The summed E-state index contributed by atoms with van der Waals surface area (Å²) >= 11 is 1.69. The Balaban J connectivity index is 2.81. The van der Waals surface area contributed by atoms with E-state index in [9.17, 15) is 4.79 Å². The van der Waals surface area contributed by atoms with Gasteiger partial charge in [-0.25, -0.2) is 0 Å². The van der Waals surface area contributed by atoms with Gasteiger partial charge in [-0.2, -0.15) is 11.8 Å². The second-order valence-corrected chi connectivity index (χ2v) is 4.15. The minimum atomic E-state index is -0.741. The SMILES string of the molecule is C=C1CCSCC1(C)C(=O)O. The number of thioether (sulfide) groups is 1. The lowest BCUT2D eigenvalue weighted by Crippen LogP contribution is -2.34. The Morgan fingerprint density at radius 3 is 2.82 bits per heavy atom. The molecule has 0 radical (unpaired) electrons. The first-order chi connectivity index (χ1) is 5.07. The molecule has 0 bridgehead atoms. The summed E-state index contributed by atoms with van der Waals surface area (Å²) in [7, 11) is 0. The number of carboxylic acid groups (broad SMARTS) is 1. The highest BCUT2D eigenvalue weighted by molar-refractivity contribution is 7.99. The first kappa shape index (κ1) is 8.65. The number of hydrogen-bond acceptors (Lipinski definition) is 2. The van der Waals surface area contributed by atoms with E-state index in [0.29, 0.717) is 5.75 Å².